The molecule has 202 valence electrons. The molecule has 2 saturated carbocycles. The normalized spacial score (nSPS) is 32.1. The summed E-state index contributed by atoms with van der Waals surface area (Å²) in [6, 6.07) is 12.0. The lowest BCUT2D eigenvalue weighted by Crippen LogP contribution is -2.77. The Bertz CT molecular complexity index is 1430. The Morgan fingerprint density at radius 1 is 1.05 bits per heavy atom. The van der Waals surface area contributed by atoms with E-state index < -0.39 is 70.5 Å². The fourth-order valence-electron chi connectivity index (χ4n) is 6.51. The Balaban J connectivity index is 1.75. The van der Waals surface area contributed by atoms with Gasteiger partial charge in [-0.15, -0.1) is 0 Å². The summed E-state index contributed by atoms with van der Waals surface area (Å²) in [6.45, 7) is 4.10. The number of carbonyl (C=O) groups excluding carboxylic acids is 5. The van der Waals surface area contributed by atoms with Crippen molar-refractivity contribution in [3.63, 3.8) is 0 Å². The third-order valence-electron chi connectivity index (χ3n) is 8.21. The van der Waals surface area contributed by atoms with Crippen LogP contribution in [0.4, 0.5) is 0 Å². The first-order valence-corrected chi connectivity index (χ1v) is 12.4. The Hall–Kier alpha value is -3.99. The molecular weight excluding hydrogens is 504 g/mol. The van der Waals surface area contributed by atoms with Gasteiger partial charge in [-0.25, -0.2) is 0 Å². The van der Waals surface area contributed by atoms with E-state index in [1.807, 2.05) is 6.07 Å². The van der Waals surface area contributed by atoms with E-state index in [9.17, 15) is 34.2 Å². The minimum atomic E-state index is -2.94. The highest BCUT2D eigenvalue weighted by Gasteiger charge is 2.73. The quantitative estimate of drug-likeness (QED) is 0.466. The number of phenols is 1. The van der Waals surface area contributed by atoms with Crippen LogP contribution >= 0.6 is 0 Å². The van der Waals surface area contributed by atoms with Crippen molar-refractivity contribution in [2.75, 3.05) is 14.1 Å². The van der Waals surface area contributed by atoms with Crippen LogP contribution in [0.3, 0.4) is 0 Å². The third kappa shape index (κ3) is 3.70. The van der Waals surface area contributed by atoms with Gasteiger partial charge >= 0.3 is 0 Å². The maximum atomic E-state index is 14.1. The van der Waals surface area contributed by atoms with Crippen molar-refractivity contribution in [3.05, 3.63) is 71.8 Å². The van der Waals surface area contributed by atoms with E-state index in [1.165, 1.54) is 31.1 Å². The van der Waals surface area contributed by atoms with Crippen LogP contribution in [0, 0.1) is 23.7 Å². The number of benzene rings is 2. The highest BCUT2D eigenvalue weighted by atomic mass is 16.5. The van der Waals surface area contributed by atoms with Crippen molar-refractivity contribution in [1.82, 2.24) is 4.90 Å². The van der Waals surface area contributed by atoms with Crippen LogP contribution in [0.1, 0.15) is 21.5 Å². The van der Waals surface area contributed by atoms with Crippen molar-refractivity contribution >= 4 is 34.6 Å². The Morgan fingerprint density at radius 2 is 1.72 bits per heavy atom. The summed E-state index contributed by atoms with van der Waals surface area (Å²) >= 11 is 0. The topological polar surface area (TPSA) is 164 Å². The van der Waals surface area contributed by atoms with E-state index in [1.54, 1.807) is 30.3 Å². The van der Waals surface area contributed by atoms with Gasteiger partial charge < -0.3 is 20.7 Å². The second-order valence-corrected chi connectivity index (χ2v) is 10.5. The number of aromatic hydroxyl groups is 1. The zero-order valence-electron chi connectivity index (χ0n) is 21.4. The summed E-state index contributed by atoms with van der Waals surface area (Å²) in [6.07, 6.45) is -1.24. The van der Waals surface area contributed by atoms with Crippen LogP contribution in [0.15, 0.2) is 55.1 Å². The SMILES string of the molecule is C=C1c2cccc(O)c2C(=O)C2C(=O)[C@]3(O)C(=O)C(C(N)=O)C(=O)[C@@H](N(C)C)[C@@H]3[C@@H](OCc3ccccc3)[C@H]12. The van der Waals surface area contributed by atoms with Gasteiger partial charge in [0.2, 0.25) is 5.91 Å². The number of Topliss-reactive ketones (excluding diaryl/α,β-unsaturated/α-hetero) is 4. The molecule has 2 aromatic rings. The molecular formula is C29H28N2O8. The first kappa shape index (κ1) is 26.6. The average Bonchev–Trinajstić information content (AvgIpc) is 2.88. The minimum Gasteiger partial charge on any atom is -0.507 e. The Labute approximate surface area is 224 Å². The average molecular weight is 533 g/mol. The number of rotatable bonds is 5. The summed E-state index contributed by atoms with van der Waals surface area (Å²) in [5.41, 5.74) is 3.62. The second-order valence-electron chi connectivity index (χ2n) is 10.5. The maximum Gasteiger partial charge on any atom is 0.235 e. The summed E-state index contributed by atoms with van der Waals surface area (Å²) in [5, 5.41) is 22.5. The molecule has 0 aliphatic heterocycles. The molecule has 2 unspecified atom stereocenters. The molecule has 0 spiro atoms. The molecule has 3 aliphatic carbocycles. The number of nitrogens with zero attached hydrogens (tertiary/aromatic N) is 1. The lowest BCUT2D eigenvalue weighted by Gasteiger charge is -2.56. The summed E-state index contributed by atoms with van der Waals surface area (Å²) in [7, 11) is 3.02. The molecule has 0 saturated heterocycles. The van der Waals surface area contributed by atoms with Gasteiger partial charge in [-0.3, -0.25) is 28.9 Å². The number of amides is 1. The fraction of sp³-hybridized carbons (Fsp3) is 0.345. The van der Waals surface area contributed by atoms with E-state index in [-0.39, 0.29) is 23.5 Å². The van der Waals surface area contributed by atoms with E-state index in [0.717, 1.165) is 5.56 Å². The molecule has 3 aliphatic rings. The zero-order chi connectivity index (χ0) is 28.4. The van der Waals surface area contributed by atoms with Crippen molar-refractivity contribution < 1.29 is 38.9 Å². The van der Waals surface area contributed by atoms with Crippen LogP contribution in [0.5, 0.6) is 5.75 Å². The Morgan fingerprint density at radius 3 is 2.33 bits per heavy atom. The predicted octanol–water partition coefficient (Wildman–Crippen LogP) is 0.533. The zero-order valence-corrected chi connectivity index (χ0v) is 21.4. The molecule has 10 heteroatoms. The highest BCUT2D eigenvalue weighted by molar-refractivity contribution is 6.33. The lowest BCUT2D eigenvalue weighted by atomic mass is 9.50. The first-order chi connectivity index (χ1) is 18.4. The molecule has 2 fully saturated rings. The number of hydrogen-bond acceptors (Lipinski definition) is 9. The van der Waals surface area contributed by atoms with Crippen LogP contribution < -0.4 is 5.73 Å². The number of likely N-dealkylation sites (N-methyl/N-ethyl adjacent to an activating group) is 1. The van der Waals surface area contributed by atoms with E-state index in [2.05, 4.69) is 6.58 Å². The van der Waals surface area contributed by atoms with E-state index in [4.69, 9.17) is 10.5 Å². The monoisotopic (exact) mass is 532 g/mol. The number of fused-ring (bicyclic) bond motifs is 3. The standard InChI is InChI=1S/C29H28N2O8/c1-13-15-10-7-11-16(32)18(15)23(33)19-17(13)25(39-12-14-8-5-4-6-9-14)21-22(31(2)3)24(34)20(28(30)37)27(36)29(21,38)26(19)35/h4-11,17,19-22,25,32,38H,1,12H2,2-3H3,(H2,30,37)/t17-,19?,20?,21-,22+,25+,29+/m1/s1. The second kappa shape index (κ2) is 9.33. The molecule has 1 amide bonds. The van der Waals surface area contributed by atoms with Gasteiger partial charge in [0.05, 0.1) is 36.2 Å². The molecule has 0 bridgehead atoms. The largest absolute Gasteiger partial charge is 0.507 e. The van der Waals surface area contributed by atoms with Gasteiger partial charge in [0.15, 0.2) is 34.7 Å². The molecule has 39 heavy (non-hydrogen) atoms. The molecule has 2 aromatic carbocycles. The Kier molecular flexibility index (Phi) is 6.37. The van der Waals surface area contributed by atoms with Crippen LogP contribution in [-0.4, -0.2) is 76.0 Å². The third-order valence-corrected chi connectivity index (χ3v) is 8.21. The molecule has 5 rings (SSSR count). The van der Waals surface area contributed by atoms with Gasteiger partial charge in [-0.2, -0.15) is 0 Å². The van der Waals surface area contributed by atoms with E-state index in [0.29, 0.717) is 5.56 Å². The number of ketones is 4. The minimum absolute atomic E-state index is 0.0361. The number of nitrogens with two attached hydrogens (primary N) is 1. The molecule has 7 atom stereocenters. The predicted molar refractivity (Wildman–Crippen MR) is 137 cm³/mol. The number of carbonyl (C=O) groups is 5. The van der Waals surface area contributed by atoms with Crippen LogP contribution in [-0.2, 0) is 30.5 Å². The van der Waals surface area contributed by atoms with Crippen molar-refractivity contribution in [2.24, 2.45) is 29.4 Å². The van der Waals surface area contributed by atoms with Gasteiger partial charge in [0.1, 0.15) is 5.75 Å². The van der Waals surface area contributed by atoms with Crippen LogP contribution in [0.25, 0.3) is 5.57 Å². The van der Waals surface area contributed by atoms with Gasteiger partial charge in [-0.05, 0) is 36.9 Å². The van der Waals surface area contributed by atoms with Crippen molar-refractivity contribution in [3.8, 4) is 5.75 Å². The van der Waals surface area contributed by atoms with Gasteiger partial charge in [0.25, 0.3) is 0 Å². The van der Waals surface area contributed by atoms with Gasteiger partial charge in [0, 0.05) is 5.92 Å². The number of phenolic OH excluding ortho intramolecular Hbond substituents is 1. The molecule has 10 nitrogen and oxygen atoms in total. The first-order valence-electron chi connectivity index (χ1n) is 12.4. The molecule has 0 heterocycles. The van der Waals surface area contributed by atoms with Crippen LogP contribution in [0.2, 0.25) is 0 Å². The fourth-order valence-corrected chi connectivity index (χ4v) is 6.51. The summed E-state index contributed by atoms with van der Waals surface area (Å²) in [4.78, 5) is 68.8. The molecule has 4 N–H and O–H groups in total. The number of primary amides is 1. The number of aliphatic hydroxyl groups is 1. The van der Waals surface area contributed by atoms with E-state index >= 15 is 0 Å². The smallest absolute Gasteiger partial charge is 0.235 e. The summed E-state index contributed by atoms with van der Waals surface area (Å²) < 4.78 is 6.32. The maximum absolute atomic E-state index is 14.1. The lowest BCUT2D eigenvalue weighted by molar-refractivity contribution is -0.199. The molecule has 0 aromatic heterocycles. The van der Waals surface area contributed by atoms with Crippen molar-refractivity contribution in [2.45, 2.75) is 24.4 Å². The van der Waals surface area contributed by atoms with Gasteiger partial charge in [-0.1, -0.05) is 49.0 Å². The highest BCUT2D eigenvalue weighted by Crippen LogP contribution is 2.54. The van der Waals surface area contributed by atoms with Crippen molar-refractivity contribution in [1.29, 1.82) is 0 Å². The number of hydrogen-bond donors (Lipinski definition) is 3. The molecule has 0 radical (unpaired) electrons. The summed E-state index contributed by atoms with van der Waals surface area (Å²) in [5.74, 6) is -12.2. The number of ether oxygens (including phenoxy) is 1.